The Morgan fingerprint density at radius 3 is 2.54 bits per heavy atom. The number of nitrogens with one attached hydrogen (secondary N) is 2. The van der Waals surface area contributed by atoms with Crippen molar-refractivity contribution in [3.8, 4) is 11.5 Å². The van der Waals surface area contributed by atoms with Crippen molar-refractivity contribution in [2.24, 2.45) is 4.99 Å². The maximum atomic E-state index is 13.1. The number of anilines is 2. The van der Waals surface area contributed by atoms with Crippen molar-refractivity contribution < 1.29 is 19.1 Å². The zero-order valence-corrected chi connectivity index (χ0v) is 21.4. The highest BCUT2D eigenvalue weighted by molar-refractivity contribution is 6.33. The van der Waals surface area contributed by atoms with Gasteiger partial charge in [0.05, 0.1) is 30.9 Å². The van der Waals surface area contributed by atoms with E-state index in [1.54, 1.807) is 25.3 Å². The van der Waals surface area contributed by atoms with Crippen LogP contribution in [-0.2, 0) is 22.4 Å². The number of halogens is 1. The molecule has 1 aliphatic rings. The molecule has 0 saturated heterocycles. The van der Waals surface area contributed by atoms with Crippen LogP contribution >= 0.6 is 11.6 Å². The van der Waals surface area contributed by atoms with Gasteiger partial charge in [0.25, 0.3) is 5.91 Å². The van der Waals surface area contributed by atoms with Crippen molar-refractivity contribution in [3.63, 3.8) is 0 Å². The summed E-state index contributed by atoms with van der Waals surface area (Å²) in [7, 11) is 4.74. The summed E-state index contributed by atoms with van der Waals surface area (Å²) in [5.41, 5.74) is 3.31. The molecule has 0 aliphatic carbocycles. The largest absolute Gasteiger partial charge is 0.497 e. The van der Waals surface area contributed by atoms with Crippen molar-refractivity contribution in [1.82, 2.24) is 9.97 Å². The first-order valence-corrected chi connectivity index (χ1v) is 11.9. The molecule has 1 aromatic heterocycles. The van der Waals surface area contributed by atoms with Gasteiger partial charge in [-0.15, -0.1) is 0 Å². The van der Waals surface area contributed by atoms with Gasteiger partial charge in [-0.05, 0) is 48.2 Å². The number of carbonyl (C=O) groups excluding carboxylic acids is 2. The van der Waals surface area contributed by atoms with E-state index < -0.39 is 11.8 Å². The Morgan fingerprint density at radius 1 is 1.14 bits per heavy atom. The quantitative estimate of drug-likeness (QED) is 0.418. The van der Waals surface area contributed by atoms with Gasteiger partial charge in [-0.1, -0.05) is 36.4 Å². The Bertz CT molecular complexity index is 1490. The molecule has 2 amide bonds. The van der Waals surface area contributed by atoms with Crippen LogP contribution in [0.5, 0.6) is 11.5 Å². The molecule has 1 aliphatic heterocycles. The van der Waals surface area contributed by atoms with E-state index >= 15 is 0 Å². The molecule has 3 aromatic rings. The van der Waals surface area contributed by atoms with Crippen LogP contribution in [-0.4, -0.2) is 43.0 Å². The van der Waals surface area contributed by atoms with E-state index in [-0.39, 0.29) is 5.91 Å². The van der Waals surface area contributed by atoms with Crippen LogP contribution in [0.2, 0.25) is 5.02 Å². The van der Waals surface area contributed by atoms with Crippen molar-refractivity contribution in [1.29, 1.82) is 0 Å². The van der Waals surface area contributed by atoms with Gasteiger partial charge in [0.15, 0.2) is 5.49 Å². The number of rotatable bonds is 9. The lowest BCUT2D eigenvalue weighted by molar-refractivity contribution is -0.118. The van der Waals surface area contributed by atoms with E-state index in [4.69, 9.17) is 21.1 Å². The molecule has 0 radical (unpaired) electrons. The number of ether oxygens (including phenoxy) is 2. The lowest BCUT2D eigenvalue weighted by Gasteiger charge is -2.18. The van der Waals surface area contributed by atoms with Gasteiger partial charge >= 0.3 is 0 Å². The Kier molecular flexibility index (Phi) is 7.83. The zero-order chi connectivity index (χ0) is 26.5. The molecule has 0 fully saturated rings. The standard InChI is InChI=1S/C27H26ClN5O4/c1-5-23(34)30-16-9-6-15(7-10-16)8-11-21-20-14-19(26(35)32-25(20)33-27(29-2)31-21)18-12-17(36-3)13-22(37-4)24(18)28/h5-7,9-10,12-14,19H,1,8,11H2,2-4H3,(H,30,34)(H,29,32,33,35). The minimum atomic E-state index is -0.750. The summed E-state index contributed by atoms with van der Waals surface area (Å²) in [4.78, 5) is 37.9. The Labute approximate surface area is 218 Å². The van der Waals surface area contributed by atoms with E-state index in [2.05, 4.69) is 32.2 Å². The molecule has 10 heteroatoms. The molecule has 4 rings (SSSR count). The molecule has 0 spiro atoms. The fourth-order valence-corrected chi connectivity index (χ4v) is 4.30. The Hall–Kier alpha value is -4.24. The average molecular weight is 520 g/mol. The maximum absolute atomic E-state index is 13.1. The Balaban J connectivity index is 1.71. The smallest absolute Gasteiger partial charge is 0.259 e. The molecule has 190 valence electrons. The van der Waals surface area contributed by atoms with E-state index in [9.17, 15) is 9.59 Å². The van der Waals surface area contributed by atoms with Gasteiger partial charge in [0.2, 0.25) is 11.9 Å². The number of nitrogens with zero attached hydrogens (tertiary/aromatic N) is 3. The number of aromatic nitrogens is 2. The van der Waals surface area contributed by atoms with Crippen LogP contribution in [0.3, 0.4) is 0 Å². The number of hydrogen-bond acceptors (Lipinski definition) is 7. The van der Waals surface area contributed by atoms with Gasteiger partial charge in [0.1, 0.15) is 11.5 Å². The molecular weight excluding hydrogens is 494 g/mol. The highest BCUT2D eigenvalue weighted by Gasteiger charge is 2.27. The molecule has 2 N–H and O–H groups in total. The summed E-state index contributed by atoms with van der Waals surface area (Å²) in [5, 5.41) is 6.66. The second-order valence-corrected chi connectivity index (χ2v) is 8.58. The van der Waals surface area contributed by atoms with Crippen LogP contribution < -0.4 is 30.8 Å². The zero-order valence-electron chi connectivity index (χ0n) is 20.7. The maximum Gasteiger partial charge on any atom is 0.259 e. The molecule has 0 saturated carbocycles. The molecular formula is C27H26ClN5O4. The minimum Gasteiger partial charge on any atom is -0.497 e. The summed E-state index contributed by atoms with van der Waals surface area (Å²) in [6.45, 7) is 3.46. The predicted octanol–water partition coefficient (Wildman–Crippen LogP) is 2.82. The normalized spacial score (nSPS) is 14.1. The second-order valence-electron chi connectivity index (χ2n) is 8.20. The van der Waals surface area contributed by atoms with E-state index in [1.807, 2.05) is 24.3 Å². The fraction of sp³-hybridized carbons (Fsp3) is 0.222. The summed E-state index contributed by atoms with van der Waals surface area (Å²) in [6.07, 6.45) is 4.26. The number of hydrogen-bond donors (Lipinski definition) is 2. The minimum absolute atomic E-state index is 0.267. The SMILES string of the molecule is C=CC(=O)Nc1ccc(CCc2nc(NC)nc3c2=CC(c2cc(OC)cc(OC)c2Cl)C(=O)N=3)cc1. The Morgan fingerprint density at radius 2 is 1.89 bits per heavy atom. The molecule has 37 heavy (non-hydrogen) atoms. The van der Waals surface area contributed by atoms with Crippen LogP contribution in [0.15, 0.2) is 54.0 Å². The number of fused-ring (bicyclic) bond motifs is 1. The summed E-state index contributed by atoms with van der Waals surface area (Å²) >= 11 is 6.58. The number of benzene rings is 2. The number of methoxy groups -OCH3 is 2. The van der Waals surface area contributed by atoms with Crippen LogP contribution in [0.25, 0.3) is 6.08 Å². The number of carbonyl (C=O) groups is 2. The molecule has 9 nitrogen and oxygen atoms in total. The van der Waals surface area contributed by atoms with Crippen molar-refractivity contribution in [2.45, 2.75) is 18.8 Å². The first kappa shape index (κ1) is 25.8. The average Bonchev–Trinajstić information content (AvgIpc) is 2.92. The third kappa shape index (κ3) is 5.62. The molecule has 0 bridgehead atoms. The second kappa shape index (κ2) is 11.2. The monoisotopic (exact) mass is 519 g/mol. The van der Waals surface area contributed by atoms with Crippen LogP contribution in [0.4, 0.5) is 11.6 Å². The van der Waals surface area contributed by atoms with Crippen molar-refractivity contribution >= 4 is 41.1 Å². The number of amides is 2. The van der Waals surface area contributed by atoms with Gasteiger partial charge in [-0.25, -0.2) is 4.98 Å². The van der Waals surface area contributed by atoms with Crippen molar-refractivity contribution in [3.05, 3.63) is 81.6 Å². The first-order chi connectivity index (χ1) is 17.9. The van der Waals surface area contributed by atoms with Gasteiger partial charge in [0, 0.05) is 24.0 Å². The van der Waals surface area contributed by atoms with Gasteiger partial charge < -0.3 is 20.1 Å². The number of aryl methyl sites for hydroxylation is 2. The van der Waals surface area contributed by atoms with E-state index in [1.165, 1.54) is 20.3 Å². The summed E-state index contributed by atoms with van der Waals surface area (Å²) in [6, 6.07) is 10.9. The molecule has 1 atom stereocenters. The van der Waals surface area contributed by atoms with E-state index in [0.717, 1.165) is 11.3 Å². The van der Waals surface area contributed by atoms with Crippen LogP contribution in [0, 0.1) is 0 Å². The highest BCUT2D eigenvalue weighted by atomic mass is 35.5. The van der Waals surface area contributed by atoms with Gasteiger partial charge in [-0.3, -0.25) is 9.59 Å². The molecule has 1 unspecified atom stereocenters. The molecule has 2 aromatic carbocycles. The third-order valence-corrected chi connectivity index (χ3v) is 6.34. The topological polar surface area (TPSA) is 115 Å². The predicted molar refractivity (Wildman–Crippen MR) is 142 cm³/mol. The summed E-state index contributed by atoms with van der Waals surface area (Å²) < 4.78 is 10.7. The van der Waals surface area contributed by atoms with Crippen molar-refractivity contribution in [2.75, 3.05) is 31.9 Å². The molecule has 2 heterocycles. The summed E-state index contributed by atoms with van der Waals surface area (Å²) in [5.74, 6) is -0.123. The fourth-order valence-electron chi connectivity index (χ4n) is 3.99. The van der Waals surface area contributed by atoms with Crippen LogP contribution in [0.1, 0.15) is 22.7 Å². The van der Waals surface area contributed by atoms with Gasteiger partial charge in [-0.2, -0.15) is 9.98 Å². The van der Waals surface area contributed by atoms with E-state index in [0.29, 0.717) is 57.3 Å². The third-order valence-electron chi connectivity index (χ3n) is 5.93. The lowest BCUT2D eigenvalue weighted by atomic mass is 9.94. The lowest BCUT2D eigenvalue weighted by Crippen LogP contribution is -2.40. The highest BCUT2D eigenvalue weighted by Crippen LogP contribution is 2.38. The first-order valence-electron chi connectivity index (χ1n) is 11.5.